The van der Waals surface area contributed by atoms with E-state index in [9.17, 15) is 4.79 Å². The molecule has 0 saturated heterocycles. The second kappa shape index (κ2) is 8.31. The van der Waals surface area contributed by atoms with Gasteiger partial charge in [-0.3, -0.25) is 0 Å². The van der Waals surface area contributed by atoms with Crippen molar-refractivity contribution in [2.24, 2.45) is 0 Å². The first-order chi connectivity index (χ1) is 11.1. The highest BCUT2D eigenvalue weighted by Crippen LogP contribution is 2.13. The molecule has 0 spiro atoms. The Hall–Kier alpha value is -2.37. The SMILES string of the molecule is CCCc1c(C(=O)O)nnn1CCCCOc1ccc(C)cc1. The molecular formula is C17H23N3O3. The van der Waals surface area contributed by atoms with Crippen LogP contribution in [0.2, 0.25) is 0 Å². The Morgan fingerprint density at radius 3 is 2.65 bits per heavy atom. The number of carbonyl (C=O) groups is 1. The molecule has 1 heterocycles. The second-order valence-corrected chi connectivity index (χ2v) is 5.53. The molecule has 1 aromatic carbocycles. The average molecular weight is 317 g/mol. The van der Waals surface area contributed by atoms with Crippen LogP contribution in [0.5, 0.6) is 5.75 Å². The number of nitrogens with zero attached hydrogens (tertiary/aromatic N) is 3. The van der Waals surface area contributed by atoms with Gasteiger partial charge in [-0.1, -0.05) is 36.3 Å². The van der Waals surface area contributed by atoms with Crippen LogP contribution in [-0.2, 0) is 13.0 Å². The van der Waals surface area contributed by atoms with Gasteiger partial charge >= 0.3 is 5.97 Å². The molecule has 0 aliphatic rings. The first-order valence-electron chi connectivity index (χ1n) is 7.97. The van der Waals surface area contributed by atoms with Crippen molar-refractivity contribution in [3.05, 3.63) is 41.2 Å². The highest BCUT2D eigenvalue weighted by Gasteiger charge is 2.17. The predicted molar refractivity (Wildman–Crippen MR) is 86.9 cm³/mol. The van der Waals surface area contributed by atoms with Gasteiger partial charge in [0, 0.05) is 6.54 Å². The molecule has 0 radical (unpaired) electrons. The van der Waals surface area contributed by atoms with Crippen molar-refractivity contribution in [2.75, 3.05) is 6.61 Å². The Morgan fingerprint density at radius 1 is 1.26 bits per heavy atom. The summed E-state index contributed by atoms with van der Waals surface area (Å²) in [6, 6.07) is 7.97. The van der Waals surface area contributed by atoms with E-state index in [-0.39, 0.29) is 5.69 Å². The fourth-order valence-electron chi connectivity index (χ4n) is 2.35. The third kappa shape index (κ3) is 4.81. The van der Waals surface area contributed by atoms with E-state index >= 15 is 0 Å². The van der Waals surface area contributed by atoms with Gasteiger partial charge in [-0.2, -0.15) is 0 Å². The summed E-state index contributed by atoms with van der Waals surface area (Å²) in [6.45, 7) is 5.35. The van der Waals surface area contributed by atoms with E-state index in [0.717, 1.165) is 25.0 Å². The summed E-state index contributed by atoms with van der Waals surface area (Å²) in [5.41, 5.74) is 1.99. The summed E-state index contributed by atoms with van der Waals surface area (Å²) >= 11 is 0. The van der Waals surface area contributed by atoms with E-state index in [2.05, 4.69) is 10.3 Å². The number of unbranched alkanes of at least 4 members (excludes halogenated alkanes) is 1. The molecule has 0 saturated carbocycles. The largest absolute Gasteiger partial charge is 0.494 e. The van der Waals surface area contributed by atoms with E-state index < -0.39 is 5.97 Å². The molecular weight excluding hydrogens is 294 g/mol. The summed E-state index contributed by atoms with van der Waals surface area (Å²) in [6.07, 6.45) is 3.28. The molecule has 0 amide bonds. The number of hydrogen-bond acceptors (Lipinski definition) is 4. The van der Waals surface area contributed by atoms with Crippen LogP contribution in [0, 0.1) is 6.92 Å². The van der Waals surface area contributed by atoms with Crippen molar-refractivity contribution in [3.63, 3.8) is 0 Å². The number of carboxylic acids is 1. The highest BCUT2D eigenvalue weighted by molar-refractivity contribution is 5.86. The summed E-state index contributed by atoms with van der Waals surface area (Å²) in [4.78, 5) is 11.1. The lowest BCUT2D eigenvalue weighted by Crippen LogP contribution is -2.09. The van der Waals surface area contributed by atoms with Crippen LogP contribution < -0.4 is 4.74 Å². The van der Waals surface area contributed by atoms with Crippen LogP contribution in [0.3, 0.4) is 0 Å². The van der Waals surface area contributed by atoms with Crippen molar-refractivity contribution in [1.29, 1.82) is 0 Å². The van der Waals surface area contributed by atoms with E-state index in [4.69, 9.17) is 9.84 Å². The number of benzene rings is 1. The smallest absolute Gasteiger partial charge is 0.358 e. The molecule has 124 valence electrons. The Kier molecular flexibility index (Phi) is 6.14. The normalized spacial score (nSPS) is 10.7. The van der Waals surface area contributed by atoms with Gasteiger partial charge in [0.2, 0.25) is 0 Å². The molecule has 2 aromatic rings. The van der Waals surface area contributed by atoms with Gasteiger partial charge in [0.15, 0.2) is 5.69 Å². The van der Waals surface area contributed by atoms with Gasteiger partial charge < -0.3 is 9.84 Å². The first kappa shape index (κ1) is 17.0. The Labute approximate surface area is 136 Å². The summed E-state index contributed by atoms with van der Waals surface area (Å²) in [5.74, 6) is -0.140. The van der Waals surface area contributed by atoms with Crippen molar-refractivity contribution in [2.45, 2.75) is 46.1 Å². The number of aromatic carboxylic acids is 1. The quantitative estimate of drug-likeness (QED) is 0.719. The van der Waals surface area contributed by atoms with E-state index in [1.165, 1.54) is 5.56 Å². The molecule has 0 atom stereocenters. The van der Waals surface area contributed by atoms with Gasteiger partial charge in [-0.25, -0.2) is 9.48 Å². The van der Waals surface area contributed by atoms with Crippen LogP contribution >= 0.6 is 0 Å². The highest BCUT2D eigenvalue weighted by atomic mass is 16.5. The zero-order valence-corrected chi connectivity index (χ0v) is 13.7. The molecule has 1 N–H and O–H groups in total. The minimum absolute atomic E-state index is 0.0720. The van der Waals surface area contributed by atoms with Gasteiger partial charge in [-0.15, -0.1) is 5.10 Å². The van der Waals surface area contributed by atoms with Gasteiger partial charge in [0.25, 0.3) is 0 Å². The lowest BCUT2D eigenvalue weighted by atomic mass is 10.2. The second-order valence-electron chi connectivity index (χ2n) is 5.53. The molecule has 6 nitrogen and oxygen atoms in total. The van der Waals surface area contributed by atoms with Gasteiger partial charge in [-0.05, 0) is 38.3 Å². The number of ether oxygens (including phenoxy) is 1. The number of aromatic nitrogens is 3. The first-order valence-corrected chi connectivity index (χ1v) is 7.97. The summed E-state index contributed by atoms with van der Waals surface area (Å²) in [5, 5.41) is 16.9. The van der Waals surface area contributed by atoms with E-state index in [0.29, 0.717) is 25.3 Å². The molecule has 23 heavy (non-hydrogen) atoms. The van der Waals surface area contributed by atoms with E-state index in [1.807, 2.05) is 38.1 Å². The lowest BCUT2D eigenvalue weighted by Gasteiger charge is -2.08. The van der Waals surface area contributed by atoms with Crippen LogP contribution in [0.1, 0.15) is 47.9 Å². The van der Waals surface area contributed by atoms with Crippen LogP contribution in [-0.4, -0.2) is 32.7 Å². The summed E-state index contributed by atoms with van der Waals surface area (Å²) in [7, 11) is 0. The maximum atomic E-state index is 11.1. The lowest BCUT2D eigenvalue weighted by molar-refractivity contribution is 0.0689. The predicted octanol–water partition coefficient (Wildman–Crippen LogP) is 3.10. The maximum Gasteiger partial charge on any atom is 0.358 e. The minimum Gasteiger partial charge on any atom is -0.494 e. The third-order valence-corrected chi connectivity index (χ3v) is 3.58. The Morgan fingerprint density at radius 2 is 2.00 bits per heavy atom. The van der Waals surface area contributed by atoms with Crippen molar-refractivity contribution >= 4 is 5.97 Å². The van der Waals surface area contributed by atoms with Gasteiger partial charge in [0.1, 0.15) is 5.75 Å². The molecule has 1 aromatic heterocycles. The van der Waals surface area contributed by atoms with Crippen molar-refractivity contribution < 1.29 is 14.6 Å². The fourth-order valence-corrected chi connectivity index (χ4v) is 2.35. The third-order valence-electron chi connectivity index (χ3n) is 3.58. The summed E-state index contributed by atoms with van der Waals surface area (Å²) < 4.78 is 7.39. The molecule has 0 bridgehead atoms. The average Bonchev–Trinajstić information content (AvgIpc) is 2.92. The van der Waals surface area contributed by atoms with Crippen LogP contribution in [0.4, 0.5) is 0 Å². The zero-order valence-electron chi connectivity index (χ0n) is 13.7. The van der Waals surface area contributed by atoms with Gasteiger partial charge in [0.05, 0.1) is 12.3 Å². The van der Waals surface area contributed by atoms with Crippen molar-refractivity contribution in [3.8, 4) is 5.75 Å². The van der Waals surface area contributed by atoms with E-state index in [1.54, 1.807) is 4.68 Å². The maximum absolute atomic E-state index is 11.1. The fraction of sp³-hybridized carbons (Fsp3) is 0.471. The van der Waals surface area contributed by atoms with Crippen LogP contribution in [0.15, 0.2) is 24.3 Å². The van der Waals surface area contributed by atoms with Crippen molar-refractivity contribution in [1.82, 2.24) is 15.0 Å². The molecule has 0 unspecified atom stereocenters. The minimum atomic E-state index is -1.01. The Bertz CT molecular complexity index is 635. The molecule has 2 rings (SSSR count). The number of carboxylic acid groups (broad SMARTS) is 1. The molecule has 6 heteroatoms. The standard InChI is InChI=1S/C17H23N3O3/c1-3-6-15-16(17(21)22)18-19-20(15)11-4-5-12-23-14-9-7-13(2)8-10-14/h7-10H,3-6,11-12H2,1-2H3,(H,21,22). The topological polar surface area (TPSA) is 77.2 Å². The number of hydrogen-bond donors (Lipinski definition) is 1. The number of rotatable bonds is 9. The monoisotopic (exact) mass is 317 g/mol. The molecule has 0 aliphatic carbocycles. The number of aryl methyl sites for hydroxylation is 2. The molecule has 0 fully saturated rings. The Balaban J connectivity index is 1.79. The van der Waals surface area contributed by atoms with Crippen LogP contribution in [0.25, 0.3) is 0 Å². The zero-order chi connectivity index (χ0) is 16.7. The molecule has 0 aliphatic heterocycles.